The Morgan fingerprint density at radius 1 is 1.10 bits per heavy atom. The van der Waals surface area contributed by atoms with E-state index in [1.54, 1.807) is 27.0 Å². The lowest BCUT2D eigenvalue weighted by Crippen LogP contribution is -2.62. The minimum absolute atomic E-state index is 0.0190. The number of fused-ring (bicyclic) bond motifs is 2. The molecule has 272 valence electrons. The average Bonchev–Trinajstić information content (AvgIpc) is 3.52. The molecule has 12 nitrogen and oxygen atoms in total. The first-order chi connectivity index (χ1) is 22.4. The molecule has 1 saturated carbocycles. The van der Waals surface area contributed by atoms with Crippen molar-refractivity contribution >= 4 is 11.9 Å². The van der Waals surface area contributed by atoms with E-state index in [0.717, 1.165) is 24.0 Å². The van der Waals surface area contributed by atoms with Crippen LogP contribution < -0.4 is 0 Å². The minimum Gasteiger partial charge on any atom is -0.465 e. The van der Waals surface area contributed by atoms with Crippen LogP contribution in [0.5, 0.6) is 0 Å². The predicted octanol–water partition coefficient (Wildman–Crippen LogP) is 2.61. The van der Waals surface area contributed by atoms with Crippen LogP contribution in [0.15, 0.2) is 35.5 Å². The standard InChI is InChI=1S/C36H56O12/c1-10-35(6,7)45-17-26-30(41)33(46-21(5)38)31(42)34(47-26)48-32-28-24(18(2)15-44-20(4)37)13-27(39)36(28,8)14-25-22(16-43-9)11-12-23(25)19(3)29(32)40/h10,14,18-19,22-23,26-27,29-34,39-42H,1,11-13,15-17H2,2-9H3/t18?,19-,22-,23+,26?,27?,29-,30+,31+,32-,33?,34?,36+/m1/s1. The van der Waals surface area contributed by atoms with Crippen molar-refractivity contribution < 1.29 is 58.4 Å². The number of aliphatic hydroxyl groups is 4. The molecule has 2 fully saturated rings. The molecular weight excluding hydrogens is 624 g/mol. The lowest BCUT2D eigenvalue weighted by atomic mass is 9.68. The molecule has 4 rings (SSSR count). The van der Waals surface area contributed by atoms with Gasteiger partial charge >= 0.3 is 11.9 Å². The van der Waals surface area contributed by atoms with E-state index in [1.807, 2.05) is 20.8 Å². The number of methoxy groups -OCH3 is 1. The second kappa shape index (κ2) is 15.4. The normalized spacial score (nSPS) is 39.1. The number of aliphatic hydroxyl groups excluding tert-OH is 4. The third-order valence-electron chi connectivity index (χ3n) is 10.8. The highest BCUT2D eigenvalue weighted by Crippen LogP contribution is 2.56. The van der Waals surface area contributed by atoms with Gasteiger partial charge in [-0.05, 0) is 57.4 Å². The first kappa shape index (κ1) is 38.6. The highest BCUT2D eigenvalue weighted by atomic mass is 16.7. The summed E-state index contributed by atoms with van der Waals surface area (Å²) in [6.07, 6.45) is -4.54. The summed E-state index contributed by atoms with van der Waals surface area (Å²) < 4.78 is 35.1. The molecule has 5 unspecified atom stereocenters. The second-order valence-electron chi connectivity index (χ2n) is 14.7. The van der Waals surface area contributed by atoms with Crippen molar-refractivity contribution in [1.29, 1.82) is 0 Å². The summed E-state index contributed by atoms with van der Waals surface area (Å²) in [6, 6.07) is 0. The molecule has 0 aromatic rings. The van der Waals surface area contributed by atoms with Gasteiger partial charge in [0.1, 0.15) is 24.4 Å². The Morgan fingerprint density at radius 3 is 2.40 bits per heavy atom. The quantitative estimate of drug-likeness (QED) is 0.176. The van der Waals surface area contributed by atoms with Crippen LogP contribution in [0.3, 0.4) is 0 Å². The first-order valence-corrected chi connectivity index (χ1v) is 17.0. The Balaban J connectivity index is 1.82. The van der Waals surface area contributed by atoms with E-state index in [0.29, 0.717) is 12.2 Å². The van der Waals surface area contributed by atoms with Crippen LogP contribution in [-0.2, 0) is 38.0 Å². The van der Waals surface area contributed by atoms with Crippen LogP contribution >= 0.6 is 0 Å². The number of rotatable bonds is 12. The maximum atomic E-state index is 12.3. The summed E-state index contributed by atoms with van der Waals surface area (Å²) in [5, 5.41) is 46.7. The van der Waals surface area contributed by atoms with Crippen LogP contribution in [0.25, 0.3) is 0 Å². The highest BCUT2D eigenvalue weighted by molar-refractivity contribution is 5.66. The Hall–Kier alpha value is -2.16. The van der Waals surface area contributed by atoms with Gasteiger partial charge in [-0.25, -0.2) is 0 Å². The third kappa shape index (κ3) is 7.91. The van der Waals surface area contributed by atoms with Gasteiger partial charge in [0.25, 0.3) is 0 Å². The number of carbonyl (C=O) groups is 2. The fourth-order valence-corrected chi connectivity index (χ4v) is 7.88. The smallest absolute Gasteiger partial charge is 0.303 e. The summed E-state index contributed by atoms with van der Waals surface area (Å²) in [7, 11) is 1.66. The number of ether oxygens (including phenoxy) is 6. The van der Waals surface area contributed by atoms with Crippen molar-refractivity contribution in [3.8, 4) is 0 Å². The lowest BCUT2D eigenvalue weighted by molar-refractivity contribution is -0.320. The van der Waals surface area contributed by atoms with Crippen molar-refractivity contribution in [3.63, 3.8) is 0 Å². The summed E-state index contributed by atoms with van der Waals surface area (Å²) in [5.74, 6) is -1.70. The lowest BCUT2D eigenvalue weighted by Gasteiger charge is -2.47. The molecule has 1 heterocycles. The van der Waals surface area contributed by atoms with Gasteiger partial charge in [0.05, 0.1) is 37.6 Å². The number of hydrogen-bond donors (Lipinski definition) is 4. The van der Waals surface area contributed by atoms with Crippen molar-refractivity contribution in [2.45, 2.75) is 122 Å². The molecule has 0 amide bonds. The number of hydrogen-bond acceptors (Lipinski definition) is 12. The molecule has 0 aromatic heterocycles. The molecular formula is C36H56O12. The molecule has 12 heteroatoms. The summed E-state index contributed by atoms with van der Waals surface area (Å²) in [4.78, 5) is 23.8. The first-order valence-electron chi connectivity index (χ1n) is 17.0. The van der Waals surface area contributed by atoms with Crippen LogP contribution in [0.4, 0.5) is 0 Å². The zero-order chi connectivity index (χ0) is 35.7. The molecule has 1 aliphatic heterocycles. The van der Waals surface area contributed by atoms with Crippen LogP contribution in [0.1, 0.15) is 67.7 Å². The summed E-state index contributed by atoms with van der Waals surface area (Å²) in [5.41, 5.74) is 0.746. The Bertz CT molecular complexity index is 1240. The molecule has 0 spiro atoms. The van der Waals surface area contributed by atoms with Gasteiger partial charge < -0.3 is 48.8 Å². The fraction of sp³-hybridized carbons (Fsp3) is 0.778. The van der Waals surface area contributed by atoms with Gasteiger partial charge in [0, 0.05) is 38.2 Å². The molecule has 48 heavy (non-hydrogen) atoms. The summed E-state index contributed by atoms with van der Waals surface area (Å²) >= 11 is 0. The zero-order valence-corrected chi connectivity index (χ0v) is 29.6. The average molecular weight is 681 g/mol. The Morgan fingerprint density at radius 2 is 1.79 bits per heavy atom. The van der Waals surface area contributed by atoms with Crippen LogP contribution in [0.2, 0.25) is 0 Å². The highest BCUT2D eigenvalue weighted by Gasteiger charge is 2.56. The molecule has 0 bridgehead atoms. The second-order valence-corrected chi connectivity index (χ2v) is 14.7. The van der Waals surface area contributed by atoms with E-state index in [1.165, 1.54) is 13.8 Å². The maximum absolute atomic E-state index is 12.3. The molecule has 4 aliphatic rings. The SMILES string of the molecule is C=CC(C)(C)OCC1OC(O[C@@H]2C3=C(C(C)COC(C)=O)CC(O)[C@]3(C)C=C3[C@@H](COC)CC[C@H]3[C@@H](C)[C@H]2O)[C@@H](O)C(OC(C)=O)[C@H]1O. The minimum atomic E-state index is -1.63. The van der Waals surface area contributed by atoms with E-state index < -0.39 is 72.0 Å². The third-order valence-corrected chi connectivity index (χ3v) is 10.8. The van der Waals surface area contributed by atoms with Crippen molar-refractivity contribution in [2.75, 3.05) is 26.9 Å². The largest absolute Gasteiger partial charge is 0.465 e. The van der Waals surface area contributed by atoms with Gasteiger partial charge in [-0.3, -0.25) is 9.59 Å². The van der Waals surface area contributed by atoms with Crippen molar-refractivity contribution in [2.24, 2.45) is 29.1 Å². The number of carbonyl (C=O) groups excluding carboxylic acids is 2. The fourth-order valence-electron chi connectivity index (χ4n) is 7.88. The Labute approximate surface area is 284 Å². The Kier molecular flexibility index (Phi) is 12.4. The van der Waals surface area contributed by atoms with Crippen molar-refractivity contribution in [1.82, 2.24) is 0 Å². The summed E-state index contributed by atoms with van der Waals surface area (Å²) in [6.45, 7) is 16.0. The molecule has 13 atom stereocenters. The van der Waals surface area contributed by atoms with Gasteiger partial charge in [0.15, 0.2) is 12.4 Å². The van der Waals surface area contributed by atoms with E-state index in [9.17, 15) is 30.0 Å². The maximum Gasteiger partial charge on any atom is 0.303 e. The van der Waals surface area contributed by atoms with Gasteiger partial charge in [0.2, 0.25) is 0 Å². The molecule has 1 saturated heterocycles. The predicted molar refractivity (Wildman–Crippen MR) is 174 cm³/mol. The van der Waals surface area contributed by atoms with E-state index in [-0.39, 0.29) is 43.3 Å². The van der Waals surface area contributed by atoms with Gasteiger partial charge in [-0.1, -0.05) is 37.1 Å². The molecule has 0 aromatic carbocycles. The van der Waals surface area contributed by atoms with Gasteiger partial charge in [-0.15, -0.1) is 6.58 Å². The molecule has 4 N–H and O–H groups in total. The van der Waals surface area contributed by atoms with Crippen molar-refractivity contribution in [3.05, 3.63) is 35.5 Å². The molecule has 0 radical (unpaired) electrons. The zero-order valence-electron chi connectivity index (χ0n) is 29.6. The van der Waals surface area contributed by atoms with E-state index >= 15 is 0 Å². The topological polar surface area (TPSA) is 170 Å². The number of esters is 2. The van der Waals surface area contributed by atoms with Gasteiger partial charge in [-0.2, -0.15) is 0 Å². The molecule has 3 aliphatic carbocycles. The van der Waals surface area contributed by atoms with Crippen LogP contribution in [0, 0.1) is 29.1 Å². The van der Waals surface area contributed by atoms with Crippen LogP contribution in [-0.4, -0.2) is 114 Å². The van der Waals surface area contributed by atoms with E-state index in [4.69, 9.17) is 28.4 Å². The van der Waals surface area contributed by atoms with E-state index in [2.05, 4.69) is 12.7 Å². The monoisotopic (exact) mass is 680 g/mol.